The first-order valence-electron chi connectivity index (χ1n) is 22.2. The van der Waals surface area contributed by atoms with E-state index in [-0.39, 0.29) is 5.92 Å². The summed E-state index contributed by atoms with van der Waals surface area (Å²) in [7, 11) is 4.04. The summed E-state index contributed by atoms with van der Waals surface area (Å²) < 4.78 is 15.2. The van der Waals surface area contributed by atoms with E-state index in [0.29, 0.717) is 29.0 Å². The Bertz CT molecular complexity index is 3020. The molecule has 0 unspecified atom stereocenters. The average Bonchev–Trinajstić information content (AvgIpc) is 3.95. The Morgan fingerprint density at radius 1 is 0.438 bits per heavy atom. The number of aromatic nitrogens is 8. The lowest BCUT2D eigenvalue weighted by molar-refractivity contribution is 0.378. The zero-order chi connectivity index (χ0) is 48.1. The topological polar surface area (TPSA) is 218 Å². The summed E-state index contributed by atoms with van der Waals surface area (Å²) in [6, 6.07) is 0. The standard InChI is InChI=1S/C14H21N3.C13H18N2O.C12H18N4.C11H15N3O/c1-7(2)14-13-11(10(5)17(14)6)12(15)8(3)9(4)16-13;1-6(2)13-12-10(9(5)16-13)11(14)7(3)8(4)15-12;1-6(2)12-11-10(15-16(12)5)9(13)7(3)8(4)14-11;1-5(2)11-10-9(14-15-11)8(12)6(3)7(4)13-10/h7H,15H2,1-6H3;6H,14H2,1-5H3;6H,13H2,1-5H3;5H,12H2,1-4H3. The number of hydrogen-bond acceptors (Lipinski definition) is 12. The number of hydrogen-bond donors (Lipinski definition) is 4. The Labute approximate surface area is 378 Å². The van der Waals surface area contributed by atoms with Crippen molar-refractivity contribution in [3.63, 3.8) is 0 Å². The van der Waals surface area contributed by atoms with Crippen LogP contribution >= 0.6 is 0 Å². The third-order valence-electron chi connectivity index (χ3n) is 12.6. The predicted octanol–water partition coefficient (Wildman–Crippen LogP) is 11.5. The zero-order valence-electron chi connectivity index (χ0n) is 42.0. The molecule has 0 saturated carbocycles. The van der Waals surface area contributed by atoms with Crippen LogP contribution in [0.3, 0.4) is 0 Å². The SMILES string of the molecule is Cc1nc2c(C(C)C)n(C)c(C)c2c(N)c1C.Cc1nc2c(C(C)C)n(C)nc2c(N)c1C.Cc1nc2c(C(C)C)oc(C)c2c(N)c1C.Cc1nc2c(C(C)C)onc2c(N)c1C. The van der Waals surface area contributed by atoms with E-state index >= 15 is 0 Å². The van der Waals surface area contributed by atoms with Gasteiger partial charge < -0.3 is 36.4 Å². The molecule has 0 aliphatic carbocycles. The molecule has 0 aliphatic heterocycles. The molecule has 8 rings (SSSR count). The van der Waals surface area contributed by atoms with Gasteiger partial charge in [0.2, 0.25) is 0 Å². The fraction of sp³-hybridized carbons (Fsp3) is 0.480. The lowest BCUT2D eigenvalue weighted by Gasteiger charge is -2.09. The molecule has 64 heavy (non-hydrogen) atoms. The van der Waals surface area contributed by atoms with Crippen LogP contribution < -0.4 is 22.9 Å². The highest BCUT2D eigenvalue weighted by molar-refractivity contribution is 5.97. The molecule has 0 amide bonds. The van der Waals surface area contributed by atoms with E-state index in [2.05, 4.69) is 85.3 Å². The summed E-state index contributed by atoms with van der Waals surface area (Å²) in [6.45, 7) is 37.0. The number of nitrogens with two attached hydrogens (primary N) is 4. The van der Waals surface area contributed by atoms with Gasteiger partial charge >= 0.3 is 0 Å². The van der Waals surface area contributed by atoms with Gasteiger partial charge in [-0.1, -0.05) is 60.5 Å². The van der Waals surface area contributed by atoms with Crippen LogP contribution in [-0.2, 0) is 14.1 Å². The second-order valence-corrected chi connectivity index (χ2v) is 18.5. The average molecular weight is 873 g/mol. The van der Waals surface area contributed by atoms with E-state index in [1.165, 1.54) is 11.4 Å². The molecule has 0 spiro atoms. The molecule has 14 heteroatoms. The minimum Gasteiger partial charge on any atom is -0.463 e. The fourth-order valence-electron chi connectivity index (χ4n) is 8.22. The quantitative estimate of drug-likeness (QED) is 0.130. The number of nitrogen functional groups attached to an aromatic ring is 4. The second kappa shape index (κ2) is 18.5. The van der Waals surface area contributed by atoms with E-state index in [4.69, 9.17) is 36.9 Å². The van der Waals surface area contributed by atoms with Crippen LogP contribution in [0.2, 0.25) is 0 Å². The number of fused-ring (bicyclic) bond motifs is 4. The molecule has 8 N–H and O–H groups in total. The van der Waals surface area contributed by atoms with Gasteiger partial charge in [-0.05, 0) is 103 Å². The summed E-state index contributed by atoms with van der Waals surface area (Å²) >= 11 is 0. The highest BCUT2D eigenvalue weighted by atomic mass is 16.5. The summed E-state index contributed by atoms with van der Waals surface area (Å²) in [5.41, 5.74) is 44.5. The summed E-state index contributed by atoms with van der Waals surface area (Å²) in [6.07, 6.45) is 0. The first-order valence-corrected chi connectivity index (χ1v) is 22.2. The van der Waals surface area contributed by atoms with Gasteiger partial charge in [-0.15, -0.1) is 0 Å². The highest BCUT2D eigenvalue weighted by Gasteiger charge is 2.22. The van der Waals surface area contributed by atoms with Gasteiger partial charge in [0, 0.05) is 76.9 Å². The Kier molecular flexibility index (Phi) is 14.1. The van der Waals surface area contributed by atoms with E-state index in [0.717, 1.165) is 123 Å². The molecule has 0 aromatic carbocycles. The van der Waals surface area contributed by atoms with Crippen LogP contribution in [0.5, 0.6) is 0 Å². The lowest BCUT2D eigenvalue weighted by atomic mass is 10.1. The van der Waals surface area contributed by atoms with Crippen molar-refractivity contribution >= 4 is 66.6 Å². The molecule has 0 aliphatic rings. The van der Waals surface area contributed by atoms with Gasteiger partial charge in [0.25, 0.3) is 0 Å². The molecule has 344 valence electrons. The van der Waals surface area contributed by atoms with Gasteiger partial charge in [0.05, 0.1) is 28.0 Å². The summed E-state index contributed by atoms with van der Waals surface area (Å²) in [5.74, 6) is 4.04. The van der Waals surface area contributed by atoms with Gasteiger partial charge in [-0.2, -0.15) is 5.10 Å². The number of anilines is 4. The summed E-state index contributed by atoms with van der Waals surface area (Å²) in [5, 5.41) is 10.5. The van der Waals surface area contributed by atoms with Crippen molar-refractivity contribution in [3.8, 4) is 0 Å². The maximum absolute atomic E-state index is 6.25. The molecule has 8 aromatic heterocycles. The van der Waals surface area contributed by atoms with Crippen molar-refractivity contribution in [2.24, 2.45) is 14.1 Å². The Balaban J connectivity index is 0.000000161. The van der Waals surface area contributed by atoms with Crippen molar-refractivity contribution in [2.75, 3.05) is 22.9 Å². The fourth-order valence-corrected chi connectivity index (χ4v) is 8.22. The van der Waals surface area contributed by atoms with Crippen LogP contribution in [0.1, 0.15) is 158 Å². The molecule has 8 heterocycles. The predicted molar refractivity (Wildman–Crippen MR) is 266 cm³/mol. The molecule has 0 bridgehead atoms. The monoisotopic (exact) mass is 873 g/mol. The number of furan rings is 1. The van der Waals surface area contributed by atoms with Crippen molar-refractivity contribution in [1.29, 1.82) is 0 Å². The van der Waals surface area contributed by atoms with Gasteiger partial charge in [-0.3, -0.25) is 9.67 Å². The van der Waals surface area contributed by atoms with Crippen molar-refractivity contribution in [2.45, 2.75) is 148 Å². The first-order chi connectivity index (χ1) is 29.7. The smallest absolute Gasteiger partial charge is 0.165 e. The Morgan fingerprint density at radius 2 is 0.859 bits per heavy atom. The highest BCUT2D eigenvalue weighted by Crippen LogP contribution is 2.37. The van der Waals surface area contributed by atoms with Crippen LogP contribution in [0.4, 0.5) is 22.7 Å². The first kappa shape index (κ1) is 48.8. The number of aryl methyl sites for hydroxylation is 7. The largest absolute Gasteiger partial charge is 0.463 e. The number of rotatable bonds is 4. The minimum atomic E-state index is 0.268. The van der Waals surface area contributed by atoms with Crippen LogP contribution in [0.15, 0.2) is 8.94 Å². The van der Waals surface area contributed by atoms with Crippen molar-refractivity contribution in [3.05, 3.63) is 79.4 Å². The molecular formula is C50H72N12O2. The molecule has 14 nitrogen and oxygen atoms in total. The normalized spacial score (nSPS) is 11.6. The van der Waals surface area contributed by atoms with Crippen LogP contribution in [0, 0.1) is 69.2 Å². The third kappa shape index (κ3) is 8.70. The van der Waals surface area contributed by atoms with Gasteiger partial charge in [-0.25, -0.2) is 15.0 Å². The van der Waals surface area contributed by atoms with Crippen molar-refractivity contribution in [1.82, 2.24) is 39.4 Å². The maximum atomic E-state index is 6.25. The third-order valence-corrected chi connectivity index (χ3v) is 12.6. The lowest BCUT2D eigenvalue weighted by Crippen LogP contribution is -2.00. The zero-order valence-corrected chi connectivity index (χ0v) is 42.0. The van der Waals surface area contributed by atoms with E-state index < -0.39 is 0 Å². The van der Waals surface area contributed by atoms with Crippen LogP contribution in [0.25, 0.3) is 43.9 Å². The van der Waals surface area contributed by atoms with Crippen LogP contribution in [-0.4, -0.2) is 39.4 Å². The number of nitrogens with zero attached hydrogens (tertiary/aromatic N) is 8. The molecule has 0 atom stereocenters. The molecule has 0 radical (unpaired) electrons. The molecule has 0 saturated heterocycles. The van der Waals surface area contributed by atoms with E-state index in [1.807, 2.05) is 87.9 Å². The Morgan fingerprint density at radius 3 is 1.34 bits per heavy atom. The molecule has 8 aromatic rings. The van der Waals surface area contributed by atoms with Gasteiger partial charge in [0.15, 0.2) is 11.3 Å². The minimum absolute atomic E-state index is 0.268. The van der Waals surface area contributed by atoms with E-state index in [9.17, 15) is 0 Å². The Hall–Kier alpha value is -6.18. The van der Waals surface area contributed by atoms with Crippen molar-refractivity contribution < 1.29 is 8.94 Å². The number of pyridine rings is 4. The molecule has 0 fully saturated rings. The molecular weight excluding hydrogens is 801 g/mol. The maximum Gasteiger partial charge on any atom is 0.165 e. The van der Waals surface area contributed by atoms with E-state index in [1.54, 1.807) is 0 Å². The second-order valence-electron chi connectivity index (χ2n) is 18.5. The van der Waals surface area contributed by atoms with Gasteiger partial charge in [0.1, 0.15) is 33.6 Å². The summed E-state index contributed by atoms with van der Waals surface area (Å²) in [4.78, 5) is 18.4.